The quantitative estimate of drug-likeness (QED) is 0.805. The van der Waals surface area contributed by atoms with Crippen LogP contribution in [0.15, 0.2) is 53.4 Å². The van der Waals surface area contributed by atoms with Crippen LogP contribution in [0.4, 0.5) is 8.78 Å². The fourth-order valence-electron chi connectivity index (χ4n) is 1.32. The highest BCUT2D eigenvalue weighted by Gasteiger charge is 2.18. The van der Waals surface area contributed by atoms with Gasteiger partial charge in [-0.15, -0.1) is 0 Å². The van der Waals surface area contributed by atoms with Crippen molar-refractivity contribution >= 4 is 10.1 Å². The Balaban J connectivity index is 2.37. The Bertz CT molecular complexity index is 634. The second-order valence-corrected chi connectivity index (χ2v) is 5.00. The molecule has 0 bridgehead atoms. The van der Waals surface area contributed by atoms with Crippen LogP contribution in [0.1, 0.15) is 0 Å². The first-order chi connectivity index (χ1) is 8.47. The Labute approximate surface area is 103 Å². The first-order valence-corrected chi connectivity index (χ1v) is 6.34. The van der Waals surface area contributed by atoms with E-state index in [0.717, 1.165) is 0 Å². The van der Waals surface area contributed by atoms with Crippen LogP contribution in [0.5, 0.6) is 5.75 Å². The summed E-state index contributed by atoms with van der Waals surface area (Å²) in [6, 6.07) is 9.67. The fourth-order valence-corrected chi connectivity index (χ4v) is 2.30. The van der Waals surface area contributed by atoms with E-state index < -0.39 is 26.6 Å². The lowest BCUT2D eigenvalue weighted by molar-refractivity contribution is 0.482. The van der Waals surface area contributed by atoms with Crippen LogP contribution < -0.4 is 4.18 Å². The molecule has 0 aliphatic heterocycles. The lowest BCUT2D eigenvalue weighted by atomic mass is 10.3. The third kappa shape index (κ3) is 2.84. The first-order valence-electron chi connectivity index (χ1n) is 4.93. The first kappa shape index (κ1) is 12.5. The van der Waals surface area contributed by atoms with Gasteiger partial charge in [0.2, 0.25) is 0 Å². The van der Waals surface area contributed by atoms with Gasteiger partial charge in [-0.2, -0.15) is 8.42 Å². The van der Waals surface area contributed by atoms with Crippen molar-refractivity contribution < 1.29 is 21.4 Å². The van der Waals surface area contributed by atoms with Crippen molar-refractivity contribution in [3.8, 4) is 5.75 Å². The highest BCUT2D eigenvalue weighted by atomic mass is 32.2. The van der Waals surface area contributed by atoms with Gasteiger partial charge in [0.05, 0.1) is 0 Å². The molecule has 0 saturated carbocycles. The summed E-state index contributed by atoms with van der Waals surface area (Å²) in [4.78, 5) is -0.566. The van der Waals surface area contributed by atoms with Crippen LogP contribution in [-0.2, 0) is 10.1 Å². The zero-order valence-electron chi connectivity index (χ0n) is 9.01. The van der Waals surface area contributed by atoms with Crippen molar-refractivity contribution in [3.05, 3.63) is 60.2 Å². The molecule has 18 heavy (non-hydrogen) atoms. The van der Waals surface area contributed by atoms with Gasteiger partial charge in [0.15, 0.2) is 0 Å². The molecule has 2 aromatic rings. The molecule has 0 radical (unpaired) electrons. The van der Waals surface area contributed by atoms with Gasteiger partial charge >= 0.3 is 10.1 Å². The minimum atomic E-state index is -4.24. The Morgan fingerprint density at radius 3 is 2.00 bits per heavy atom. The number of rotatable bonds is 3. The maximum absolute atomic E-state index is 12.9. The summed E-state index contributed by atoms with van der Waals surface area (Å²) in [6.45, 7) is 0. The van der Waals surface area contributed by atoms with Crippen molar-refractivity contribution in [1.29, 1.82) is 0 Å². The van der Waals surface area contributed by atoms with Crippen LogP contribution in [0.25, 0.3) is 0 Å². The molecular weight excluding hydrogens is 262 g/mol. The summed E-state index contributed by atoms with van der Waals surface area (Å²) in [7, 11) is -4.24. The Kier molecular flexibility index (Phi) is 3.29. The number of benzene rings is 2. The van der Waals surface area contributed by atoms with Gasteiger partial charge < -0.3 is 4.18 Å². The topological polar surface area (TPSA) is 43.4 Å². The van der Waals surface area contributed by atoms with Crippen LogP contribution >= 0.6 is 0 Å². The number of hydrogen-bond donors (Lipinski definition) is 0. The van der Waals surface area contributed by atoms with Crippen molar-refractivity contribution in [2.75, 3.05) is 0 Å². The summed E-state index contributed by atoms with van der Waals surface area (Å²) in [6.07, 6.45) is 0. The average Bonchev–Trinajstić information content (AvgIpc) is 2.28. The largest absolute Gasteiger partial charge is 0.379 e. The summed E-state index contributed by atoms with van der Waals surface area (Å²) < 4.78 is 54.1. The van der Waals surface area contributed by atoms with E-state index in [0.29, 0.717) is 18.2 Å². The lowest BCUT2D eigenvalue weighted by Gasteiger charge is -2.06. The maximum Gasteiger partial charge on any atom is 0.339 e. The molecule has 0 amide bonds. The van der Waals surface area contributed by atoms with Crippen molar-refractivity contribution in [2.24, 2.45) is 0 Å². The normalized spacial score (nSPS) is 11.2. The highest BCUT2D eigenvalue weighted by molar-refractivity contribution is 7.87. The molecule has 2 aromatic carbocycles. The lowest BCUT2D eigenvalue weighted by Crippen LogP contribution is -2.10. The Morgan fingerprint density at radius 2 is 1.44 bits per heavy atom. The third-order valence-electron chi connectivity index (χ3n) is 2.07. The summed E-state index contributed by atoms with van der Waals surface area (Å²) in [5, 5.41) is 0. The average molecular weight is 270 g/mol. The molecular formula is C12H8F2O3S. The predicted molar refractivity (Wildman–Crippen MR) is 60.6 cm³/mol. The zero-order valence-corrected chi connectivity index (χ0v) is 9.82. The van der Waals surface area contributed by atoms with E-state index in [9.17, 15) is 17.2 Å². The Morgan fingerprint density at radius 1 is 0.889 bits per heavy atom. The van der Waals surface area contributed by atoms with Gasteiger partial charge in [0.1, 0.15) is 22.3 Å². The summed E-state index contributed by atoms with van der Waals surface area (Å²) in [5.74, 6) is -1.89. The van der Waals surface area contributed by atoms with Gasteiger partial charge in [0.25, 0.3) is 0 Å². The van der Waals surface area contributed by atoms with Gasteiger partial charge in [-0.25, -0.2) is 8.78 Å². The molecule has 0 aliphatic carbocycles. The second kappa shape index (κ2) is 4.73. The number of para-hydroxylation sites is 1. The van der Waals surface area contributed by atoms with Gasteiger partial charge in [-0.1, -0.05) is 18.2 Å². The maximum atomic E-state index is 12.9. The van der Waals surface area contributed by atoms with Crippen LogP contribution in [0.2, 0.25) is 0 Å². The van der Waals surface area contributed by atoms with Gasteiger partial charge in [0, 0.05) is 6.07 Å². The van der Waals surface area contributed by atoms with E-state index in [2.05, 4.69) is 0 Å². The summed E-state index contributed by atoms with van der Waals surface area (Å²) >= 11 is 0. The number of halogens is 2. The standard InChI is InChI=1S/C12H8F2O3S/c13-9-6-10(14)8-12(7-9)18(15,16)17-11-4-2-1-3-5-11/h1-8H. The highest BCUT2D eigenvalue weighted by Crippen LogP contribution is 2.19. The molecule has 94 valence electrons. The van der Waals surface area contributed by atoms with E-state index in [1.807, 2.05) is 0 Å². The van der Waals surface area contributed by atoms with Crippen molar-refractivity contribution in [3.63, 3.8) is 0 Å². The monoisotopic (exact) mass is 270 g/mol. The fraction of sp³-hybridized carbons (Fsp3) is 0. The smallest absolute Gasteiger partial charge is 0.339 e. The van der Waals surface area contributed by atoms with E-state index in [4.69, 9.17) is 4.18 Å². The molecule has 3 nitrogen and oxygen atoms in total. The minimum Gasteiger partial charge on any atom is -0.379 e. The minimum absolute atomic E-state index is 0.0715. The Hall–Kier alpha value is -1.95. The van der Waals surface area contributed by atoms with Crippen LogP contribution in [0.3, 0.4) is 0 Å². The third-order valence-corrected chi connectivity index (χ3v) is 3.30. The molecule has 0 N–H and O–H groups in total. The van der Waals surface area contributed by atoms with E-state index in [1.165, 1.54) is 12.1 Å². The molecule has 0 spiro atoms. The zero-order chi connectivity index (χ0) is 13.2. The van der Waals surface area contributed by atoms with E-state index in [1.54, 1.807) is 18.2 Å². The van der Waals surface area contributed by atoms with Gasteiger partial charge in [-0.3, -0.25) is 0 Å². The second-order valence-electron chi connectivity index (χ2n) is 3.46. The summed E-state index contributed by atoms with van der Waals surface area (Å²) in [5.41, 5.74) is 0. The molecule has 6 heteroatoms. The van der Waals surface area contributed by atoms with Crippen LogP contribution in [0, 0.1) is 11.6 Å². The SMILES string of the molecule is O=S(=O)(Oc1ccccc1)c1cc(F)cc(F)c1. The molecule has 2 rings (SSSR count). The van der Waals surface area contributed by atoms with Crippen molar-refractivity contribution in [1.82, 2.24) is 0 Å². The molecule has 0 atom stereocenters. The molecule has 0 fully saturated rings. The molecule has 0 heterocycles. The molecule has 0 unspecified atom stereocenters. The van der Waals surface area contributed by atoms with E-state index in [-0.39, 0.29) is 5.75 Å². The molecule has 0 saturated heterocycles. The van der Waals surface area contributed by atoms with Gasteiger partial charge in [-0.05, 0) is 24.3 Å². The van der Waals surface area contributed by atoms with Crippen LogP contribution in [-0.4, -0.2) is 8.42 Å². The molecule has 0 aromatic heterocycles. The molecule has 0 aliphatic rings. The van der Waals surface area contributed by atoms with Crippen molar-refractivity contribution in [2.45, 2.75) is 4.90 Å². The predicted octanol–water partition coefficient (Wildman–Crippen LogP) is 2.73. The van der Waals surface area contributed by atoms with E-state index >= 15 is 0 Å². The number of hydrogen-bond acceptors (Lipinski definition) is 3.